The van der Waals surface area contributed by atoms with Gasteiger partial charge >= 0.3 is 0 Å². The smallest absolute Gasteiger partial charge is 0.264 e. The van der Waals surface area contributed by atoms with Gasteiger partial charge in [-0.3, -0.25) is 8.98 Å². The number of allylic oxidation sites excluding steroid dienone is 1. The number of hydrogen-bond acceptors (Lipinski definition) is 9. The maximum absolute atomic E-state index is 13.7. The van der Waals surface area contributed by atoms with Crippen LogP contribution in [0.2, 0.25) is 0 Å². The molecule has 0 aromatic rings. The third kappa shape index (κ3) is 5.07. The Labute approximate surface area is 245 Å². The first-order chi connectivity index (χ1) is 18.5. The van der Waals surface area contributed by atoms with E-state index in [9.17, 15) is 28.5 Å². The van der Waals surface area contributed by atoms with E-state index in [1.807, 2.05) is 20.8 Å². The molecule has 10 atom stereocenters. The third-order valence-corrected chi connectivity index (χ3v) is 12.2. The maximum atomic E-state index is 13.7. The molecule has 0 unspecified atom stereocenters. The minimum absolute atomic E-state index is 0.0643. The van der Waals surface area contributed by atoms with E-state index >= 15 is 0 Å². The van der Waals surface area contributed by atoms with E-state index in [4.69, 9.17) is 13.7 Å². The van der Waals surface area contributed by atoms with Crippen LogP contribution in [0.25, 0.3) is 0 Å². The standard InChI is InChI=1S/C31H50O9S/c1-26(2,34)12-11-25-30(7,40-27(3,4)38-25)24-10-14-31(35)19-15-21(32)20-16-22(33)23(39-41(8,36)37)17-28(20,5)18(19)9-13-29(24,31)6/h15,18,20,22-25,33-35H,9-14,16-17H2,1-8H3/t18-,20-,22+,23-,24-,25+,28+,29+,30+,31+/m0/s1. The molecule has 0 spiro atoms. The molecule has 234 valence electrons. The van der Waals surface area contributed by atoms with Crippen LogP contribution in [0.5, 0.6) is 0 Å². The normalized spacial score (nSPS) is 47.9. The van der Waals surface area contributed by atoms with E-state index in [1.54, 1.807) is 19.9 Å². The second kappa shape index (κ2) is 9.56. The molecule has 0 bridgehead atoms. The Morgan fingerprint density at radius 3 is 2.37 bits per heavy atom. The highest BCUT2D eigenvalue weighted by atomic mass is 32.2. The van der Waals surface area contributed by atoms with Crippen molar-refractivity contribution < 1.29 is 42.2 Å². The molecular formula is C31H50O9S. The van der Waals surface area contributed by atoms with Crippen molar-refractivity contribution in [1.29, 1.82) is 0 Å². The summed E-state index contributed by atoms with van der Waals surface area (Å²) in [4.78, 5) is 13.7. The number of ketones is 1. The Hall–Kier alpha value is -0.880. The molecule has 3 saturated carbocycles. The van der Waals surface area contributed by atoms with Gasteiger partial charge in [0.15, 0.2) is 11.6 Å². The van der Waals surface area contributed by atoms with Gasteiger partial charge in [-0.15, -0.1) is 0 Å². The quantitative estimate of drug-likeness (QED) is 0.391. The van der Waals surface area contributed by atoms with Crippen molar-refractivity contribution >= 4 is 15.9 Å². The summed E-state index contributed by atoms with van der Waals surface area (Å²) in [5, 5.41) is 33.9. The lowest BCUT2D eigenvalue weighted by Crippen LogP contribution is -2.62. The molecule has 4 fully saturated rings. The summed E-state index contributed by atoms with van der Waals surface area (Å²) in [6, 6.07) is 0. The van der Waals surface area contributed by atoms with Gasteiger partial charge in [-0.2, -0.15) is 8.42 Å². The van der Waals surface area contributed by atoms with Gasteiger partial charge in [0.1, 0.15) is 6.10 Å². The van der Waals surface area contributed by atoms with Gasteiger partial charge in [0.25, 0.3) is 10.1 Å². The predicted molar refractivity (Wildman–Crippen MR) is 152 cm³/mol. The Morgan fingerprint density at radius 1 is 1.10 bits per heavy atom. The molecule has 41 heavy (non-hydrogen) atoms. The van der Waals surface area contributed by atoms with Crippen molar-refractivity contribution in [3.05, 3.63) is 11.6 Å². The second-order valence-corrected chi connectivity index (χ2v) is 17.1. The Bertz CT molecular complexity index is 1220. The summed E-state index contributed by atoms with van der Waals surface area (Å²) in [6.07, 6.45) is 4.46. The van der Waals surface area contributed by atoms with Crippen molar-refractivity contribution in [2.45, 2.75) is 141 Å². The number of fused-ring (bicyclic) bond motifs is 5. The van der Waals surface area contributed by atoms with E-state index in [1.165, 1.54) is 0 Å². The number of ether oxygens (including phenoxy) is 2. The molecule has 0 amide bonds. The minimum Gasteiger partial charge on any atom is -0.390 e. The van der Waals surface area contributed by atoms with Crippen LogP contribution in [0.15, 0.2) is 11.6 Å². The van der Waals surface area contributed by atoms with E-state index in [0.717, 1.165) is 18.2 Å². The number of carbonyl (C=O) groups is 1. The molecule has 1 saturated heterocycles. The Morgan fingerprint density at radius 2 is 1.76 bits per heavy atom. The van der Waals surface area contributed by atoms with Gasteiger partial charge in [0, 0.05) is 11.3 Å². The molecule has 0 radical (unpaired) electrons. The average Bonchev–Trinajstić information content (AvgIpc) is 3.22. The van der Waals surface area contributed by atoms with Gasteiger partial charge in [0.05, 0.1) is 35.3 Å². The van der Waals surface area contributed by atoms with Crippen LogP contribution in [-0.4, -0.2) is 76.7 Å². The van der Waals surface area contributed by atoms with E-state index < -0.39 is 61.7 Å². The predicted octanol–water partition coefficient (Wildman–Crippen LogP) is 3.64. The monoisotopic (exact) mass is 598 g/mol. The highest BCUT2D eigenvalue weighted by Gasteiger charge is 2.71. The van der Waals surface area contributed by atoms with E-state index in [-0.39, 0.29) is 36.6 Å². The number of rotatable bonds is 6. The summed E-state index contributed by atoms with van der Waals surface area (Å²) in [7, 11) is -3.80. The fourth-order valence-electron chi connectivity index (χ4n) is 9.79. The SMILES string of the molecule is CC(C)(O)CC[C@H]1OC(C)(C)O[C@]1(C)[C@H]1CC[C@@]2(O)C3=CC(=O)[C@@H]4C[C@@H](O)[C@@H](OS(C)(=O)=O)C[C@]4(C)[C@H]3CC[C@]12C. The van der Waals surface area contributed by atoms with Crippen LogP contribution in [-0.2, 0) is 28.6 Å². The van der Waals surface area contributed by atoms with Crippen LogP contribution in [0.3, 0.4) is 0 Å². The van der Waals surface area contributed by atoms with Crippen LogP contribution in [0, 0.1) is 28.6 Å². The van der Waals surface area contributed by atoms with Crippen LogP contribution >= 0.6 is 0 Å². The molecular weight excluding hydrogens is 548 g/mol. The Balaban J connectivity index is 1.49. The van der Waals surface area contributed by atoms with Gasteiger partial charge < -0.3 is 24.8 Å². The topological polar surface area (TPSA) is 140 Å². The lowest BCUT2D eigenvalue weighted by atomic mass is 9.45. The van der Waals surface area contributed by atoms with Crippen LogP contribution < -0.4 is 0 Å². The second-order valence-electron chi connectivity index (χ2n) is 15.5. The summed E-state index contributed by atoms with van der Waals surface area (Å²) < 4.78 is 42.4. The van der Waals surface area contributed by atoms with Crippen molar-refractivity contribution in [2.75, 3.05) is 6.26 Å². The van der Waals surface area contributed by atoms with Crippen molar-refractivity contribution in [3.63, 3.8) is 0 Å². The van der Waals surface area contributed by atoms with Crippen molar-refractivity contribution in [1.82, 2.24) is 0 Å². The zero-order valence-corrected chi connectivity index (χ0v) is 26.7. The summed E-state index contributed by atoms with van der Waals surface area (Å²) >= 11 is 0. The molecule has 3 N–H and O–H groups in total. The maximum Gasteiger partial charge on any atom is 0.264 e. The van der Waals surface area contributed by atoms with E-state index in [2.05, 4.69) is 13.8 Å². The third-order valence-electron chi connectivity index (χ3n) is 11.6. The lowest BCUT2D eigenvalue weighted by Gasteiger charge is -2.61. The highest BCUT2D eigenvalue weighted by molar-refractivity contribution is 7.86. The van der Waals surface area contributed by atoms with Gasteiger partial charge in [-0.1, -0.05) is 13.8 Å². The first-order valence-corrected chi connectivity index (χ1v) is 17.0. The Kier molecular flexibility index (Phi) is 7.35. The zero-order chi connectivity index (χ0) is 30.6. The highest BCUT2D eigenvalue weighted by Crippen LogP contribution is 2.70. The molecule has 0 aromatic heterocycles. The molecule has 1 aliphatic heterocycles. The van der Waals surface area contributed by atoms with Crippen LogP contribution in [0.1, 0.15) is 99.8 Å². The molecule has 5 rings (SSSR count). The fraction of sp³-hybridized carbons (Fsp3) is 0.903. The number of carbonyl (C=O) groups excluding carboxylic acids is 1. The van der Waals surface area contributed by atoms with Crippen molar-refractivity contribution in [2.24, 2.45) is 28.6 Å². The molecule has 0 aromatic carbocycles. The minimum atomic E-state index is -3.80. The number of aliphatic hydroxyl groups is 3. The largest absolute Gasteiger partial charge is 0.390 e. The molecule has 10 heteroatoms. The fourth-order valence-corrected chi connectivity index (χ4v) is 10.4. The molecule has 5 aliphatic rings. The molecule has 1 heterocycles. The molecule has 4 aliphatic carbocycles. The lowest BCUT2D eigenvalue weighted by molar-refractivity contribution is -0.191. The van der Waals surface area contributed by atoms with Gasteiger partial charge in [-0.05, 0) is 115 Å². The van der Waals surface area contributed by atoms with Crippen LogP contribution in [0.4, 0.5) is 0 Å². The zero-order valence-electron chi connectivity index (χ0n) is 25.9. The first-order valence-electron chi connectivity index (χ1n) is 15.2. The average molecular weight is 599 g/mol. The summed E-state index contributed by atoms with van der Waals surface area (Å²) in [5.41, 5.74) is -3.31. The van der Waals surface area contributed by atoms with Crippen molar-refractivity contribution in [3.8, 4) is 0 Å². The van der Waals surface area contributed by atoms with Gasteiger partial charge in [0.2, 0.25) is 0 Å². The first kappa shape index (κ1) is 31.5. The van der Waals surface area contributed by atoms with Gasteiger partial charge in [-0.25, -0.2) is 0 Å². The number of aliphatic hydroxyl groups excluding tert-OH is 1. The molecule has 9 nitrogen and oxygen atoms in total. The van der Waals surface area contributed by atoms with E-state index in [0.29, 0.717) is 32.1 Å². The summed E-state index contributed by atoms with van der Waals surface area (Å²) in [5.74, 6) is -1.60. The number of hydrogen-bond donors (Lipinski definition) is 3. The summed E-state index contributed by atoms with van der Waals surface area (Å²) in [6.45, 7) is 13.6.